The zero-order valence-corrected chi connectivity index (χ0v) is 14.4. The molecule has 3 aromatic rings. The van der Waals surface area contributed by atoms with Crippen LogP contribution in [0.4, 0.5) is 17.5 Å². The van der Waals surface area contributed by atoms with Gasteiger partial charge in [-0.2, -0.15) is 4.98 Å². The first-order valence-electron chi connectivity index (χ1n) is 8.77. The van der Waals surface area contributed by atoms with Gasteiger partial charge >= 0.3 is 0 Å². The summed E-state index contributed by atoms with van der Waals surface area (Å²) in [5, 5.41) is 3.49. The Hall–Kier alpha value is -2.88. The number of aryl methyl sites for hydroxylation is 1. The van der Waals surface area contributed by atoms with Gasteiger partial charge in [0.1, 0.15) is 5.82 Å². The molecule has 126 valence electrons. The average molecular weight is 330 g/mol. The summed E-state index contributed by atoms with van der Waals surface area (Å²) in [6.07, 6.45) is 2.45. The summed E-state index contributed by atoms with van der Waals surface area (Å²) in [7, 11) is 0. The topological polar surface area (TPSA) is 41.1 Å². The number of aromatic nitrogens is 2. The number of nitrogens with one attached hydrogen (secondary N) is 1. The molecule has 4 rings (SSSR count). The molecule has 0 radical (unpaired) electrons. The summed E-state index contributed by atoms with van der Waals surface area (Å²) in [4.78, 5) is 11.7. The van der Waals surface area contributed by atoms with Gasteiger partial charge in [-0.15, -0.1) is 0 Å². The van der Waals surface area contributed by atoms with E-state index in [1.165, 1.54) is 18.4 Å². The maximum Gasteiger partial charge on any atom is 0.232 e. The minimum Gasteiger partial charge on any atom is -0.367 e. The zero-order chi connectivity index (χ0) is 17.1. The van der Waals surface area contributed by atoms with Crippen LogP contribution in [0.5, 0.6) is 0 Å². The van der Waals surface area contributed by atoms with E-state index in [4.69, 9.17) is 9.97 Å². The van der Waals surface area contributed by atoms with Crippen LogP contribution >= 0.6 is 0 Å². The molecular weight excluding hydrogens is 308 g/mol. The van der Waals surface area contributed by atoms with Crippen molar-refractivity contribution in [2.45, 2.75) is 32.4 Å². The lowest BCUT2D eigenvalue weighted by Crippen LogP contribution is -2.20. The van der Waals surface area contributed by atoms with Gasteiger partial charge in [0.15, 0.2) is 0 Å². The highest BCUT2D eigenvalue weighted by Gasteiger charge is 2.22. The maximum atomic E-state index is 4.79. The Morgan fingerprint density at radius 1 is 0.960 bits per heavy atom. The van der Waals surface area contributed by atoms with Gasteiger partial charge in [0, 0.05) is 23.5 Å². The van der Waals surface area contributed by atoms with Gasteiger partial charge in [-0.3, -0.25) is 0 Å². The fourth-order valence-electron chi connectivity index (χ4n) is 2.84. The molecule has 0 spiro atoms. The van der Waals surface area contributed by atoms with Crippen LogP contribution in [-0.2, 0) is 6.54 Å². The van der Waals surface area contributed by atoms with Crippen molar-refractivity contribution >= 4 is 17.5 Å². The summed E-state index contributed by atoms with van der Waals surface area (Å²) in [6.45, 7) is 2.76. The molecular formula is C21H22N4. The SMILES string of the molecule is Cc1cc(NC2CC2)nc(N(Cc2ccccc2)c2ccccc2)n1. The van der Waals surface area contributed by atoms with E-state index in [0.29, 0.717) is 6.04 Å². The van der Waals surface area contributed by atoms with Crippen LogP contribution < -0.4 is 10.2 Å². The third-order valence-corrected chi connectivity index (χ3v) is 4.26. The first-order chi connectivity index (χ1) is 12.3. The van der Waals surface area contributed by atoms with Gasteiger partial charge in [0.2, 0.25) is 5.95 Å². The van der Waals surface area contributed by atoms with Gasteiger partial charge in [-0.1, -0.05) is 48.5 Å². The van der Waals surface area contributed by atoms with Crippen molar-refractivity contribution in [3.8, 4) is 0 Å². The molecule has 1 aromatic heterocycles. The van der Waals surface area contributed by atoms with Gasteiger partial charge in [0.05, 0.1) is 6.54 Å². The van der Waals surface area contributed by atoms with Crippen molar-refractivity contribution in [2.75, 3.05) is 10.2 Å². The number of benzene rings is 2. The molecule has 0 amide bonds. The third kappa shape index (κ3) is 3.97. The number of nitrogens with zero attached hydrogens (tertiary/aromatic N) is 3. The highest BCUT2D eigenvalue weighted by atomic mass is 15.3. The molecule has 1 N–H and O–H groups in total. The highest BCUT2D eigenvalue weighted by Crippen LogP contribution is 2.28. The second-order valence-corrected chi connectivity index (χ2v) is 6.52. The molecule has 0 bridgehead atoms. The van der Waals surface area contributed by atoms with Crippen molar-refractivity contribution in [1.29, 1.82) is 0 Å². The second-order valence-electron chi connectivity index (χ2n) is 6.52. The van der Waals surface area contributed by atoms with Crippen molar-refractivity contribution in [1.82, 2.24) is 9.97 Å². The molecule has 1 aliphatic carbocycles. The molecule has 2 aromatic carbocycles. The largest absolute Gasteiger partial charge is 0.367 e. The molecule has 0 atom stereocenters. The van der Waals surface area contributed by atoms with Crippen LogP contribution in [0.25, 0.3) is 0 Å². The smallest absolute Gasteiger partial charge is 0.232 e. The van der Waals surface area contributed by atoms with Gasteiger partial charge in [-0.25, -0.2) is 4.98 Å². The number of anilines is 3. The number of para-hydroxylation sites is 1. The number of rotatable bonds is 6. The van der Waals surface area contributed by atoms with E-state index >= 15 is 0 Å². The summed E-state index contributed by atoms with van der Waals surface area (Å²) in [6, 6.07) is 23.4. The molecule has 0 aliphatic heterocycles. The zero-order valence-electron chi connectivity index (χ0n) is 14.4. The van der Waals surface area contributed by atoms with Crippen molar-refractivity contribution < 1.29 is 0 Å². The summed E-state index contributed by atoms with van der Waals surface area (Å²) < 4.78 is 0. The van der Waals surface area contributed by atoms with E-state index < -0.39 is 0 Å². The fraction of sp³-hybridized carbons (Fsp3) is 0.238. The molecule has 1 saturated carbocycles. The van der Waals surface area contributed by atoms with E-state index in [1.54, 1.807) is 0 Å². The standard InChI is InChI=1S/C21H22N4/c1-16-14-20(23-18-12-13-18)24-21(22-16)25(19-10-6-3-7-11-19)15-17-8-4-2-5-9-17/h2-11,14,18H,12-13,15H2,1H3,(H,22,23,24). The summed E-state index contributed by atoms with van der Waals surface area (Å²) >= 11 is 0. The third-order valence-electron chi connectivity index (χ3n) is 4.26. The Kier molecular flexibility index (Phi) is 4.34. The molecule has 25 heavy (non-hydrogen) atoms. The van der Waals surface area contributed by atoms with E-state index in [1.807, 2.05) is 37.3 Å². The quantitative estimate of drug-likeness (QED) is 0.711. The van der Waals surface area contributed by atoms with E-state index in [2.05, 4.69) is 46.6 Å². The highest BCUT2D eigenvalue weighted by molar-refractivity contribution is 5.59. The lowest BCUT2D eigenvalue weighted by atomic mass is 10.2. The van der Waals surface area contributed by atoms with Gasteiger partial charge in [-0.05, 0) is 37.5 Å². The summed E-state index contributed by atoms with van der Waals surface area (Å²) in [5.41, 5.74) is 3.30. The monoisotopic (exact) mass is 330 g/mol. The van der Waals surface area contributed by atoms with Crippen LogP contribution in [-0.4, -0.2) is 16.0 Å². The summed E-state index contributed by atoms with van der Waals surface area (Å²) in [5.74, 6) is 1.65. The predicted molar refractivity (Wildman–Crippen MR) is 102 cm³/mol. The lowest BCUT2D eigenvalue weighted by molar-refractivity contribution is 0.899. The molecule has 0 saturated heterocycles. The maximum absolute atomic E-state index is 4.79. The van der Waals surface area contributed by atoms with Crippen LogP contribution in [0.1, 0.15) is 24.1 Å². The van der Waals surface area contributed by atoms with Crippen LogP contribution in [0.15, 0.2) is 66.7 Å². The first-order valence-corrected chi connectivity index (χ1v) is 8.77. The molecule has 1 heterocycles. The molecule has 1 fully saturated rings. The molecule has 0 unspecified atom stereocenters. The first kappa shape index (κ1) is 15.6. The second kappa shape index (κ2) is 6.93. The van der Waals surface area contributed by atoms with Crippen molar-refractivity contribution in [2.24, 2.45) is 0 Å². The number of hydrogen-bond donors (Lipinski definition) is 1. The Balaban J connectivity index is 1.71. The fourth-order valence-corrected chi connectivity index (χ4v) is 2.84. The Morgan fingerprint density at radius 2 is 1.64 bits per heavy atom. The minimum absolute atomic E-state index is 0.571. The number of hydrogen-bond acceptors (Lipinski definition) is 4. The minimum atomic E-state index is 0.571. The van der Waals surface area contributed by atoms with Crippen LogP contribution in [0.2, 0.25) is 0 Å². The Bertz CT molecular complexity index is 829. The Morgan fingerprint density at radius 3 is 2.32 bits per heavy atom. The van der Waals surface area contributed by atoms with E-state index in [-0.39, 0.29) is 0 Å². The molecule has 4 nitrogen and oxygen atoms in total. The van der Waals surface area contributed by atoms with E-state index in [9.17, 15) is 0 Å². The van der Waals surface area contributed by atoms with Crippen molar-refractivity contribution in [3.05, 3.63) is 78.0 Å². The average Bonchev–Trinajstić information content (AvgIpc) is 3.45. The van der Waals surface area contributed by atoms with Crippen LogP contribution in [0.3, 0.4) is 0 Å². The lowest BCUT2D eigenvalue weighted by Gasteiger charge is -2.24. The molecule has 1 aliphatic rings. The van der Waals surface area contributed by atoms with Crippen LogP contribution in [0, 0.1) is 6.92 Å². The molecule has 4 heteroatoms. The predicted octanol–water partition coefficient (Wildman–Crippen LogP) is 4.70. The normalized spacial score (nSPS) is 13.5. The van der Waals surface area contributed by atoms with Gasteiger partial charge < -0.3 is 10.2 Å². The Labute approximate surface area is 148 Å². The van der Waals surface area contributed by atoms with E-state index in [0.717, 1.165) is 29.7 Å². The van der Waals surface area contributed by atoms with Gasteiger partial charge in [0.25, 0.3) is 0 Å². The van der Waals surface area contributed by atoms with Crippen molar-refractivity contribution in [3.63, 3.8) is 0 Å².